The SMILES string of the molecule is CCc1ccc(C#Cc2cc(F)c(F)nc2F)cc1. The molecule has 2 rings (SSSR count). The third-order valence-electron chi connectivity index (χ3n) is 2.59. The second-order valence-electron chi connectivity index (χ2n) is 3.90. The Morgan fingerprint density at radius 2 is 1.68 bits per heavy atom. The topological polar surface area (TPSA) is 12.9 Å². The van der Waals surface area contributed by atoms with Crippen LogP contribution in [-0.4, -0.2) is 4.98 Å². The van der Waals surface area contributed by atoms with E-state index in [1.807, 2.05) is 19.1 Å². The molecule has 0 amide bonds. The van der Waals surface area contributed by atoms with Gasteiger partial charge in [0.2, 0.25) is 5.95 Å². The zero-order valence-corrected chi connectivity index (χ0v) is 10.2. The molecule has 1 heterocycles. The predicted molar refractivity (Wildman–Crippen MR) is 65.9 cm³/mol. The first kappa shape index (κ1) is 13.2. The molecule has 0 atom stereocenters. The van der Waals surface area contributed by atoms with Gasteiger partial charge in [-0.25, -0.2) is 4.39 Å². The van der Waals surface area contributed by atoms with E-state index in [0.29, 0.717) is 11.6 Å². The highest BCUT2D eigenvalue weighted by Crippen LogP contribution is 2.09. The lowest BCUT2D eigenvalue weighted by molar-refractivity contribution is 0.446. The van der Waals surface area contributed by atoms with Crippen molar-refractivity contribution in [2.75, 3.05) is 0 Å². The van der Waals surface area contributed by atoms with E-state index in [1.54, 1.807) is 12.1 Å². The van der Waals surface area contributed by atoms with Gasteiger partial charge in [-0.3, -0.25) is 0 Å². The summed E-state index contributed by atoms with van der Waals surface area (Å²) in [5.74, 6) is 1.33. The maximum Gasteiger partial charge on any atom is 0.251 e. The molecule has 19 heavy (non-hydrogen) atoms. The van der Waals surface area contributed by atoms with Crippen LogP contribution in [0, 0.1) is 29.6 Å². The Morgan fingerprint density at radius 1 is 1.00 bits per heavy atom. The normalized spacial score (nSPS) is 9.89. The molecule has 1 aromatic carbocycles. The van der Waals surface area contributed by atoms with Gasteiger partial charge in [0.05, 0.1) is 5.56 Å². The van der Waals surface area contributed by atoms with Crippen molar-refractivity contribution >= 4 is 0 Å². The largest absolute Gasteiger partial charge is 0.251 e. The van der Waals surface area contributed by atoms with Crippen LogP contribution in [0.15, 0.2) is 30.3 Å². The third kappa shape index (κ3) is 3.14. The van der Waals surface area contributed by atoms with Gasteiger partial charge in [0, 0.05) is 5.56 Å². The fourth-order valence-electron chi connectivity index (χ4n) is 1.50. The Kier molecular flexibility index (Phi) is 3.86. The molecule has 0 radical (unpaired) electrons. The Hall–Kier alpha value is -2.28. The van der Waals surface area contributed by atoms with Crippen molar-refractivity contribution in [3.8, 4) is 11.8 Å². The molecule has 0 spiro atoms. The van der Waals surface area contributed by atoms with E-state index in [9.17, 15) is 13.2 Å². The van der Waals surface area contributed by atoms with Gasteiger partial charge in [-0.05, 0) is 30.2 Å². The van der Waals surface area contributed by atoms with Crippen molar-refractivity contribution in [3.05, 3.63) is 64.7 Å². The van der Waals surface area contributed by atoms with Gasteiger partial charge in [-0.15, -0.1) is 0 Å². The Morgan fingerprint density at radius 3 is 2.32 bits per heavy atom. The van der Waals surface area contributed by atoms with Gasteiger partial charge in [0.25, 0.3) is 5.95 Å². The van der Waals surface area contributed by atoms with Crippen LogP contribution in [0.2, 0.25) is 0 Å². The lowest BCUT2D eigenvalue weighted by atomic mass is 10.1. The Bertz CT molecular complexity index is 652. The van der Waals surface area contributed by atoms with E-state index >= 15 is 0 Å². The first-order chi connectivity index (χ1) is 9.10. The highest BCUT2D eigenvalue weighted by atomic mass is 19.2. The number of rotatable bonds is 1. The van der Waals surface area contributed by atoms with Crippen LogP contribution in [0.4, 0.5) is 13.2 Å². The first-order valence-corrected chi connectivity index (χ1v) is 5.72. The highest BCUT2D eigenvalue weighted by molar-refractivity contribution is 5.43. The van der Waals surface area contributed by atoms with Crippen molar-refractivity contribution in [3.63, 3.8) is 0 Å². The van der Waals surface area contributed by atoms with Gasteiger partial charge < -0.3 is 0 Å². The van der Waals surface area contributed by atoms with Crippen molar-refractivity contribution in [2.45, 2.75) is 13.3 Å². The summed E-state index contributed by atoms with van der Waals surface area (Å²) >= 11 is 0. The third-order valence-corrected chi connectivity index (χ3v) is 2.59. The molecule has 0 aliphatic heterocycles. The van der Waals surface area contributed by atoms with E-state index < -0.39 is 17.7 Å². The van der Waals surface area contributed by atoms with Crippen molar-refractivity contribution in [2.24, 2.45) is 0 Å². The molecular weight excluding hydrogens is 251 g/mol. The summed E-state index contributed by atoms with van der Waals surface area (Å²) < 4.78 is 38.8. The van der Waals surface area contributed by atoms with E-state index in [4.69, 9.17) is 0 Å². The summed E-state index contributed by atoms with van der Waals surface area (Å²) in [6.07, 6.45) is 0.912. The molecule has 2 aromatic rings. The fourth-order valence-corrected chi connectivity index (χ4v) is 1.50. The number of hydrogen-bond acceptors (Lipinski definition) is 1. The minimum atomic E-state index is -1.46. The average Bonchev–Trinajstić information content (AvgIpc) is 2.42. The van der Waals surface area contributed by atoms with E-state index in [-0.39, 0.29) is 5.56 Å². The summed E-state index contributed by atoms with van der Waals surface area (Å²) in [6, 6.07) is 8.09. The molecular formula is C15H10F3N. The van der Waals surface area contributed by atoms with Crippen LogP contribution >= 0.6 is 0 Å². The minimum Gasteiger partial charge on any atom is -0.202 e. The van der Waals surface area contributed by atoms with Crippen molar-refractivity contribution in [1.29, 1.82) is 0 Å². The number of aromatic nitrogens is 1. The molecule has 0 aliphatic rings. The maximum absolute atomic E-state index is 13.2. The zero-order chi connectivity index (χ0) is 13.8. The van der Waals surface area contributed by atoms with Crippen LogP contribution in [-0.2, 0) is 6.42 Å². The first-order valence-electron chi connectivity index (χ1n) is 5.72. The van der Waals surface area contributed by atoms with Crippen LogP contribution in [0.3, 0.4) is 0 Å². The van der Waals surface area contributed by atoms with Crippen LogP contribution < -0.4 is 0 Å². The van der Waals surface area contributed by atoms with Crippen LogP contribution in [0.25, 0.3) is 0 Å². The molecule has 96 valence electrons. The maximum atomic E-state index is 13.2. The molecule has 0 bridgehead atoms. The molecule has 0 saturated heterocycles. The Balaban J connectivity index is 2.30. The second-order valence-corrected chi connectivity index (χ2v) is 3.90. The molecule has 4 heteroatoms. The molecule has 0 aliphatic carbocycles. The quantitative estimate of drug-likeness (QED) is 0.566. The van der Waals surface area contributed by atoms with Gasteiger partial charge in [-0.2, -0.15) is 13.8 Å². The van der Waals surface area contributed by atoms with Gasteiger partial charge in [-0.1, -0.05) is 30.9 Å². The second kappa shape index (κ2) is 5.57. The lowest BCUT2D eigenvalue weighted by Crippen LogP contribution is -1.97. The number of halogens is 3. The molecule has 0 N–H and O–H groups in total. The minimum absolute atomic E-state index is 0.265. The van der Waals surface area contributed by atoms with E-state index in [2.05, 4.69) is 16.8 Å². The number of benzene rings is 1. The summed E-state index contributed by atoms with van der Waals surface area (Å²) in [5, 5.41) is 0. The molecule has 1 aromatic heterocycles. The summed E-state index contributed by atoms with van der Waals surface area (Å²) in [5.41, 5.74) is 1.56. The van der Waals surface area contributed by atoms with Crippen LogP contribution in [0.5, 0.6) is 0 Å². The number of nitrogens with zero attached hydrogens (tertiary/aromatic N) is 1. The van der Waals surface area contributed by atoms with Gasteiger partial charge >= 0.3 is 0 Å². The summed E-state index contributed by atoms with van der Waals surface area (Å²) in [4.78, 5) is 2.80. The van der Waals surface area contributed by atoms with Crippen LogP contribution in [0.1, 0.15) is 23.6 Å². The van der Waals surface area contributed by atoms with Gasteiger partial charge in [0.1, 0.15) is 0 Å². The lowest BCUT2D eigenvalue weighted by Gasteiger charge is -1.96. The zero-order valence-electron chi connectivity index (χ0n) is 10.2. The summed E-state index contributed by atoms with van der Waals surface area (Å²) in [7, 11) is 0. The smallest absolute Gasteiger partial charge is 0.202 e. The predicted octanol–water partition coefficient (Wildman–Crippen LogP) is 3.46. The van der Waals surface area contributed by atoms with E-state index in [0.717, 1.165) is 12.0 Å². The Labute approximate surface area is 109 Å². The monoisotopic (exact) mass is 261 g/mol. The molecule has 1 nitrogen and oxygen atoms in total. The van der Waals surface area contributed by atoms with Crippen molar-refractivity contribution in [1.82, 2.24) is 4.98 Å². The summed E-state index contributed by atoms with van der Waals surface area (Å²) in [6.45, 7) is 2.03. The molecule has 0 saturated carbocycles. The molecule has 0 fully saturated rings. The van der Waals surface area contributed by atoms with Gasteiger partial charge in [0.15, 0.2) is 5.82 Å². The number of hydrogen-bond donors (Lipinski definition) is 0. The average molecular weight is 261 g/mol. The highest BCUT2D eigenvalue weighted by Gasteiger charge is 2.09. The standard InChI is InChI=1S/C15H10F3N/c1-2-10-3-5-11(6-4-10)7-8-12-9-13(16)15(18)19-14(12)17/h3-6,9H,2H2,1H3. The van der Waals surface area contributed by atoms with E-state index in [1.165, 1.54) is 0 Å². The molecule has 0 unspecified atom stereocenters. The fraction of sp³-hybridized carbons (Fsp3) is 0.133. The number of pyridine rings is 1. The number of aryl methyl sites for hydroxylation is 1. The van der Waals surface area contributed by atoms with Crippen molar-refractivity contribution < 1.29 is 13.2 Å².